The van der Waals surface area contributed by atoms with Crippen LogP contribution in [0.2, 0.25) is 5.02 Å². The van der Waals surface area contributed by atoms with Crippen LogP contribution < -0.4 is 14.8 Å². The Kier molecular flexibility index (Phi) is 7.31. The summed E-state index contributed by atoms with van der Waals surface area (Å²) in [5.74, 6) is 0.877. The van der Waals surface area contributed by atoms with Crippen molar-refractivity contribution in [3.05, 3.63) is 58.4 Å². The van der Waals surface area contributed by atoms with Crippen molar-refractivity contribution in [3.8, 4) is 11.5 Å². The molecule has 4 nitrogen and oxygen atoms in total. The predicted octanol–water partition coefficient (Wildman–Crippen LogP) is 3.80. The van der Waals surface area contributed by atoms with Crippen molar-refractivity contribution in [1.82, 2.24) is 5.32 Å². The van der Waals surface area contributed by atoms with E-state index in [1.807, 2.05) is 6.07 Å². The molecule has 0 fully saturated rings. The summed E-state index contributed by atoms with van der Waals surface area (Å²) in [5, 5.41) is 3.83. The van der Waals surface area contributed by atoms with E-state index in [4.69, 9.17) is 25.8 Å². The molecule has 1 N–H and O–H groups in total. The summed E-state index contributed by atoms with van der Waals surface area (Å²) in [4.78, 5) is 0. The van der Waals surface area contributed by atoms with Gasteiger partial charge in [-0.3, -0.25) is 0 Å². The van der Waals surface area contributed by atoms with Crippen LogP contribution in [0.1, 0.15) is 11.1 Å². The summed E-state index contributed by atoms with van der Waals surface area (Å²) < 4.78 is 29.1. The standard InChI is InChI=1S/C18H21ClFNO3/c1-22-8-7-21-11-14-9-17(23-2)18(10-16(14)19)24-12-13-3-5-15(20)6-4-13/h3-6,9-10,21H,7-8,11-12H2,1-2H3. The van der Waals surface area contributed by atoms with Crippen molar-refractivity contribution in [2.45, 2.75) is 13.2 Å². The van der Waals surface area contributed by atoms with E-state index in [1.165, 1.54) is 12.1 Å². The van der Waals surface area contributed by atoms with Crippen LogP contribution >= 0.6 is 11.6 Å². The minimum Gasteiger partial charge on any atom is -0.493 e. The minimum absolute atomic E-state index is 0.273. The lowest BCUT2D eigenvalue weighted by Gasteiger charge is -2.14. The van der Waals surface area contributed by atoms with E-state index in [-0.39, 0.29) is 5.82 Å². The van der Waals surface area contributed by atoms with E-state index in [0.717, 1.165) is 17.7 Å². The Balaban J connectivity index is 2.03. The Morgan fingerprint density at radius 1 is 1.08 bits per heavy atom. The molecule has 0 unspecified atom stereocenters. The van der Waals surface area contributed by atoms with Gasteiger partial charge in [0.1, 0.15) is 12.4 Å². The Labute approximate surface area is 146 Å². The van der Waals surface area contributed by atoms with E-state index < -0.39 is 0 Å². The van der Waals surface area contributed by atoms with Crippen molar-refractivity contribution < 1.29 is 18.6 Å². The molecule has 0 heterocycles. The predicted molar refractivity (Wildman–Crippen MR) is 92.3 cm³/mol. The maximum Gasteiger partial charge on any atom is 0.163 e. The number of methoxy groups -OCH3 is 2. The van der Waals surface area contributed by atoms with E-state index in [9.17, 15) is 4.39 Å². The first kappa shape index (κ1) is 18.5. The maximum atomic E-state index is 12.9. The number of ether oxygens (including phenoxy) is 3. The molecular formula is C18H21ClFNO3. The third-order valence-electron chi connectivity index (χ3n) is 3.44. The van der Waals surface area contributed by atoms with Gasteiger partial charge in [0.15, 0.2) is 11.5 Å². The molecule has 0 aliphatic carbocycles. The molecule has 0 aromatic heterocycles. The van der Waals surface area contributed by atoms with Gasteiger partial charge in [-0.05, 0) is 29.3 Å². The summed E-state index contributed by atoms with van der Waals surface area (Å²) in [6.45, 7) is 2.28. The first-order chi connectivity index (χ1) is 11.6. The van der Waals surface area contributed by atoms with Crippen LogP contribution in [-0.2, 0) is 17.9 Å². The largest absolute Gasteiger partial charge is 0.493 e. The monoisotopic (exact) mass is 353 g/mol. The third kappa shape index (κ3) is 5.37. The highest BCUT2D eigenvalue weighted by molar-refractivity contribution is 6.31. The highest BCUT2D eigenvalue weighted by Gasteiger charge is 2.11. The molecule has 0 radical (unpaired) electrons. The maximum absolute atomic E-state index is 12.9. The highest BCUT2D eigenvalue weighted by atomic mass is 35.5. The van der Waals surface area contributed by atoms with E-state index in [0.29, 0.717) is 36.3 Å². The molecule has 2 aromatic rings. The van der Waals surface area contributed by atoms with Gasteiger partial charge in [0.25, 0.3) is 0 Å². The van der Waals surface area contributed by atoms with E-state index in [2.05, 4.69) is 5.32 Å². The number of hydrogen-bond acceptors (Lipinski definition) is 4. The van der Waals surface area contributed by atoms with Crippen molar-refractivity contribution in [1.29, 1.82) is 0 Å². The lowest BCUT2D eigenvalue weighted by Crippen LogP contribution is -2.18. The first-order valence-corrected chi connectivity index (χ1v) is 7.95. The van der Waals surface area contributed by atoms with Gasteiger partial charge in [-0.25, -0.2) is 4.39 Å². The SMILES string of the molecule is COCCNCc1cc(OC)c(OCc2ccc(F)cc2)cc1Cl. The van der Waals surface area contributed by atoms with Crippen molar-refractivity contribution >= 4 is 11.6 Å². The van der Waals surface area contributed by atoms with Gasteiger partial charge in [-0.2, -0.15) is 0 Å². The smallest absolute Gasteiger partial charge is 0.163 e. The zero-order valence-corrected chi connectivity index (χ0v) is 14.5. The molecule has 0 aliphatic rings. The Hall–Kier alpha value is -1.82. The van der Waals surface area contributed by atoms with Gasteiger partial charge in [0, 0.05) is 31.3 Å². The molecule has 2 aromatic carbocycles. The number of nitrogens with one attached hydrogen (secondary N) is 1. The van der Waals surface area contributed by atoms with Crippen LogP contribution in [0.3, 0.4) is 0 Å². The lowest BCUT2D eigenvalue weighted by molar-refractivity contribution is 0.199. The van der Waals surface area contributed by atoms with E-state index in [1.54, 1.807) is 32.4 Å². The molecule has 0 bridgehead atoms. The molecule has 0 saturated carbocycles. The van der Waals surface area contributed by atoms with Gasteiger partial charge in [0.2, 0.25) is 0 Å². The molecular weight excluding hydrogens is 333 g/mol. The van der Waals surface area contributed by atoms with Gasteiger partial charge in [-0.15, -0.1) is 0 Å². The van der Waals surface area contributed by atoms with Gasteiger partial charge in [0.05, 0.1) is 13.7 Å². The van der Waals surface area contributed by atoms with Crippen LogP contribution in [0.5, 0.6) is 11.5 Å². The Morgan fingerprint density at radius 3 is 2.50 bits per heavy atom. The fourth-order valence-electron chi connectivity index (χ4n) is 2.12. The number of hydrogen-bond donors (Lipinski definition) is 1. The molecule has 0 aliphatic heterocycles. The molecule has 0 spiro atoms. The van der Waals surface area contributed by atoms with Crippen LogP contribution in [-0.4, -0.2) is 27.4 Å². The quantitative estimate of drug-likeness (QED) is 0.696. The molecule has 0 atom stereocenters. The average molecular weight is 354 g/mol. The zero-order valence-electron chi connectivity index (χ0n) is 13.8. The second-order valence-electron chi connectivity index (χ2n) is 5.18. The minimum atomic E-state index is -0.273. The summed E-state index contributed by atoms with van der Waals surface area (Å²) in [6, 6.07) is 9.74. The summed E-state index contributed by atoms with van der Waals surface area (Å²) in [5.41, 5.74) is 1.78. The molecule has 2 rings (SSSR count). The highest BCUT2D eigenvalue weighted by Crippen LogP contribution is 2.33. The molecule has 0 saturated heterocycles. The van der Waals surface area contributed by atoms with Crippen LogP contribution in [0.25, 0.3) is 0 Å². The second kappa shape index (κ2) is 9.47. The lowest BCUT2D eigenvalue weighted by atomic mass is 10.2. The topological polar surface area (TPSA) is 39.7 Å². The van der Waals surface area contributed by atoms with Crippen LogP contribution in [0.15, 0.2) is 36.4 Å². The fourth-order valence-corrected chi connectivity index (χ4v) is 2.34. The molecule has 6 heteroatoms. The number of benzene rings is 2. The average Bonchev–Trinajstić information content (AvgIpc) is 2.59. The molecule has 0 amide bonds. The number of rotatable bonds is 9. The van der Waals surface area contributed by atoms with Gasteiger partial charge < -0.3 is 19.5 Å². The Bertz CT molecular complexity index is 649. The molecule has 130 valence electrons. The normalized spacial score (nSPS) is 10.7. The second-order valence-corrected chi connectivity index (χ2v) is 5.59. The van der Waals surface area contributed by atoms with Crippen molar-refractivity contribution in [3.63, 3.8) is 0 Å². The first-order valence-electron chi connectivity index (χ1n) is 7.57. The fraction of sp³-hybridized carbons (Fsp3) is 0.333. The third-order valence-corrected chi connectivity index (χ3v) is 3.79. The summed E-state index contributed by atoms with van der Waals surface area (Å²) in [7, 11) is 3.24. The zero-order chi connectivity index (χ0) is 17.4. The molecule has 24 heavy (non-hydrogen) atoms. The van der Waals surface area contributed by atoms with Crippen LogP contribution in [0.4, 0.5) is 4.39 Å². The van der Waals surface area contributed by atoms with Gasteiger partial charge >= 0.3 is 0 Å². The van der Waals surface area contributed by atoms with Crippen molar-refractivity contribution in [2.24, 2.45) is 0 Å². The number of halogens is 2. The van der Waals surface area contributed by atoms with Crippen molar-refractivity contribution in [2.75, 3.05) is 27.4 Å². The summed E-state index contributed by atoms with van der Waals surface area (Å²) >= 11 is 6.32. The van der Waals surface area contributed by atoms with E-state index >= 15 is 0 Å². The van der Waals surface area contributed by atoms with Gasteiger partial charge in [-0.1, -0.05) is 23.7 Å². The summed E-state index contributed by atoms with van der Waals surface area (Å²) in [6.07, 6.45) is 0. The van der Waals surface area contributed by atoms with Crippen LogP contribution in [0, 0.1) is 5.82 Å². The Morgan fingerprint density at radius 2 is 1.83 bits per heavy atom.